The Kier molecular flexibility index (Phi) is 6.35. The topological polar surface area (TPSA) is 26.3 Å². The molecular formula is C18H30F3O2P. The minimum Gasteiger partial charge on any atom is -0.322 e. The van der Waals surface area contributed by atoms with Crippen molar-refractivity contribution in [2.45, 2.75) is 113 Å². The second kappa shape index (κ2) is 8.12. The molecule has 6 atom stereocenters. The molecule has 3 aliphatic rings. The van der Waals surface area contributed by atoms with Gasteiger partial charge in [-0.2, -0.15) is 0 Å². The van der Waals surface area contributed by atoms with E-state index in [-0.39, 0.29) is 0 Å². The summed E-state index contributed by atoms with van der Waals surface area (Å²) in [6, 6.07) is 0. The standard InChI is InChI=1S/C18H30F3O2P/c19-13-7-1-4-10-16(13)23-24(22,17-11-5-2-8-14(17)20)18-12-6-3-9-15(18)21/h13-18H,1-12H2. The molecule has 0 aliphatic heterocycles. The maximum Gasteiger partial charge on any atom is 0.215 e. The first-order chi connectivity index (χ1) is 11.5. The molecule has 0 N–H and O–H groups in total. The number of hydrogen-bond donors (Lipinski definition) is 0. The van der Waals surface area contributed by atoms with Crippen LogP contribution < -0.4 is 0 Å². The molecule has 0 aromatic carbocycles. The van der Waals surface area contributed by atoms with E-state index in [1.165, 1.54) is 0 Å². The van der Waals surface area contributed by atoms with E-state index < -0.39 is 43.3 Å². The van der Waals surface area contributed by atoms with Crippen LogP contribution in [-0.2, 0) is 9.09 Å². The van der Waals surface area contributed by atoms with Crippen molar-refractivity contribution in [3.8, 4) is 0 Å². The molecule has 3 rings (SSSR count). The third kappa shape index (κ3) is 3.87. The van der Waals surface area contributed by atoms with E-state index in [1.54, 1.807) is 0 Å². The van der Waals surface area contributed by atoms with Crippen LogP contribution in [0.4, 0.5) is 13.2 Å². The fraction of sp³-hybridized carbons (Fsp3) is 1.00. The van der Waals surface area contributed by atoms with Crippen LogP contribution in [0.2, 0.25) is 0 Å². The lowest BCUT2D eigenvalue weighted by atomic mass is 9.96. The third-order valence-electron chi connectivity index (χ3n) is 6.14. The first kappa shape index (κ1) is 18.8. The highest BCUT2D eigenvalue weighted by atomic mass is 31.2. The highest BCUT2D eigenvalue weighted by Crippen LogP contribution is 2.65. The van der Waals surface area contributed by atoms with Gasteiger partial charge in [0.15, 0.2) is 0 Å². The molecule has 6 unspecified atom stereocenters. The van der Waals surface area contributed by atoms with Gasteiger partial charge >= 0.3 is 0 Å². The summed E-state index contributed by atoms with van der Waals surface area (Å²) in [5.41, 5.74) is -1.47. The van der Waals surface area contributed by atoms with Crippen LogP contribution in [0.3, 0.4) is 0 Å². The molecule has 0 aromatic heterocycles. The monoisotopic (exact) mass is 366 g/mol. The van der Waals surface area contributed by atoms with Crippen LogP contribution in [0.1, 0.15) is 77.0 Å². The largest absolute Gasteiger partial charge is 0.322 e. The van der Waals surface area contributed by atoms with Crippen molar-refractivity contribution in [2.75, 3.05) is 0 Å². The lowest BCUT2D eigenvalue weighted by Gasteiger charge is -2.42. The summed E-state index contributed by atoms with van der Waals surface area (Å²) in [6.45, 7) is 0. The molecule has 3 fully saturated rings. The smallest absolute Gasteiger partial charge is 0.215 e. The fourth-order valence-electron chi connectivity index (χ4n) is 4.73. The molecule has 2 nitrogen and oxygen atoms in total. The van der Waals surface area contributed by atoms with Gasteiger partial charge in [-0.05, 0) is 38.5 Å². The van der Waals surface area contributed by atoms with Crippen molar-refractivity contribution in [3.63, 3.8) is 0 Å². The SMILES string of the molecule is O=P(OC1CCCCC1F)(C1CCCCC1F)C1CCCCC1F. The summed E-state index contributed by atoms with van der Waals surface area (Å²) < 4.78 is 63.3. The predicted octanol–water partition coefficient (Wildman–Crippen LogP) is 6.12. The van der Waals surface area contributed by atoms with Gasteiger partial charge in [0, 0.05) is 0 Å². The van der Waals surface area contributed by atoms with Gasteiger partial charge in [0.25, 0.3) is 0 Å². The summed E-state index contributed by atoms with van der Waals surface area (Å²) in [6.07, 6.45) is 3.06. The van der Waals surface area contributed by atoms with Gasteiger partial charge in [0.1, 0.15) is 18.5 Å². The first-order valence-electron chi connectivity index (χ1n) is 9.72. The van der Waals surface area contributed by atoms with Crippen molar-refractivity contribution in [3.05, 3.63) is 0 Å². The second-order valence-electron chi connectivity index (χ2n) is 7.83. The van der Waals surface area contributed by atoms with Crippen molar-refractivity contribution in [1.82, 2.24) is 0 Å². The first-order valence-corrected chi connectivity index (χ1v) is 11.5. The summed E-state index contributed by atoms with van der Waals surface area (Å²) in [4.78, 5) is 0. The van der Waals surface area contributed by atoms with Crippen LogP contribution in [0.15, 0.2) is 0 Å². The number of rotatable bonds is 4. The van der Waals surface area contributed by atoms with Gasteiger partial charge in [0.05, 0.1) is 17.4 Å². The summed E-state index contributed by atoms with van der Waals surface area (Å²) in [5.74, 6) is 0. The zero-order valence-corrected chi connectivity index (χ0v) is 15.2. The zero-order chi connectivity index (χ0) is 17.2. The quantitative estimate of drug-likeness (QED) is 0.560. The molecule has 0 saturated heterocycles. The van der Waals surface area contributed by atoms with Crippen LogP contribution in [-0.4, -0.2) is 35.9 Å². The minimum absolute atomic E-state index is 0.366. The molecule has 0 bridgehead atoms. The molecule has 3 saturated carbocycles. The van der Waals surface area contributed by atoms with Crippen molar-refractivity contribution < 1.29 is 22.3 Å². The molecule has 140 valence electrons. The fourth-order valence-corrected chi connectivity index (χ4v) is 8.48. The van der Waals surface area contributed by atoms with E-state index in [0.717, 1.165) is 38.5 Å². The Labute approximate surface area is 143 Å². The molecule has 0 radical (unpaired) electrons. The van der Waals surface area contributed by atoms with E-state index in [1.807, 2.05) is 0 Å². The second-order valence-corrected chi connectivity index (χ2v) is 10.7. The Bertz CT molecular complexity index is 436. The van der Waals surface area contributed by atoms with Crippen molar-refractivity contribution in [2.24, 2.45) is 0 Å². The van der Waals surface area contributed by atoms with Gasteiger partial charge in [-0.15, -0.1) is 0 Å². The van der Waals surface area contributed by atoms with E-state index in [4.69, 9.17) is 4.52 Å². The normalized spacial score (nSPS) is 44.0. The molecule has 24 heavy (non-hydrogen) atoms. The predicted molar refractivity (Wildman–Crippen MR) is 90.1 cm³/mol. The Morgan fingerprint density at radius 1 is 0.625 bits per heavy atom. The molecule has 3 aliphatic carbocycles. The van der Waals surface area contributed by atoms with Crippen LogP contribution in [0.25, 0.3) is 0 Å². The lowest BCUT2D eigenvalue weighted by Crippen LogP contribution is -2.40. The molecule has 0 heterocycles. The average molecular weight is 366 g/mol. The Morgan fingerprint density at radius 3 is 1.50 bits per heavy atom. The Morgan fingerprint density at radius 2 is 1.04 bits per heavy atom. The molecule has 6 heteroatoms. The van der Waals surface area contributed by atoms with Gasteiger partial charge in [-0.25, -0.2) is 13.2 Å². The van der Waals surface area contributed by atoms with E-state index in [0.29, 0.717) is 38.5 Å². The van der Waals surface area contributed by atoms with Gasteiger partial charge < -0.3 is 4.52 Å². The maximum absolute atomic E-state index is 14.6. The number of hydrogen-bond acceptors (Lipinski definition) is 2. The minimum atomic E-state index is -3.58. The van der Waals surface area contributed by atoms with Gasteiger partial charge in [-0.3, -0.25) is 4.57 Å². The zero-order valence-electron chi connectivity index (χ0n) is 14.3. The van der Waals surface area contributed by atoms with Crippen LogP contribution in [0, 0.1) is 0 Å². The lowest BCUT2D eigenvalue weighted by molar-refractivity contribution is 0.0567. The Hall–Kier alpha value is -0.0200. The number of halogens is 3. The van der Waals surface area contributed by atoms with Crippen LogP contribution in [0.5, 0.6) is 0 Å². The van der Waals surface area contributed by atoms with E-state index >= 15 is 0 Å². The average Bonchev–Trinajstić information content (AvgIpc) is 2.57. The highest BCUT2D eigenvalue weighted by molar-refractivity contribution is 7.60. The molecule has 0 spiro atoms. The molecule has 0 amide bonds. The molecule has 0 aromatic rings. The summed E-state index contributed by atoms with van der Waals surface area (Å²) >= 11 is 0. The summed E-state index contributed by atoms with van der Waals surface area (Å²) in [5, 5.41) is 0. The van der Waals surface area contributed by atoms with Crippen LogP contribution >= 0.6 is 7.37 Å². The number of alkyl halides is 3. The van der Waals surface area contributed by atoms with Gasteiger partial charge in [0.2, 0.25) is 7.37 Å². The van der Waals surface area contributed by atoms with Crippen molar-refractivity contribution >= 4 is 7.37 Å². The maximum atomic E-state index is 14.6. The van der Waals surface area contributed by atoms with E-state index in [2.05, 4.69) is 0 Å². The van der Waals surface area contributed by atoms with Gasteiger partial charge in [-0.1, -0.05) is 38.5 Å². The third-order valence-corrected chi connectivity index (χ3v) is 9.75. The Balaban J connectivity index is 1.85. The van der Waals surface area contributed by atoms with Crippen molar-refractivity contribution in [1.29, 1.82) is 0 Å². The summed E-state index contributed by atoms with van der Waals surface area (Å²) in [7, 11) is -3.58. The highest BCUT2D eigenvalue weighted by Gasteiger charge is 2.52. The van der Waals surface area contributed by atoms with E-state index in [9.17, 15) is 17.7 Å². The molecular weight excluding hydrogens is 336 g/mol.